The Morgan fingerprint density at radius 1 is 1.18 bits per heavy atom. The van der Waals surface area contributed by atoms with E-state index < -0.39 is 17.4 Å². The number of pyridine rings is 1. The van der Waals surface area contributed by atoms with Crippen LogP contribution in [0.25, 0.3) is 11.2 Å². The summed E-state index contributed by atoms with van der Waals surface area (Å²) in [4.78, 5) is 19.7. The Morgan fingerprint density at radius 2 is 1.95 bits per heavy atom. The lowest BCUT2D eigenvalue weighted by atomic mass is 9.69. The number of likely N-dealkylation sites (tertiary alicyclic amines) is 1. The first-order valence-corrected chi connectivity index (χ1v) is 14.0. The van der Waals surface area contributed by atoms with Crippen molar-refractivity contribution in [2.45, 2.75) is 64.6 Å². The normalized spacial score (nSPS) is 19.9. The highest BCUT2D eigenvalue weighted by atomic mass is 19.4. The SMILES string of the molecule is C=N/C=C(/C)C(=C)[C@H](c1cccc(-n2cc3c(C(F)(F)F)cc(CN4CCC[C@H](C)C4)cn3c2=O)c1)C1CCC1. The van der Waals surface area contributed by atoms with E-state index in [0.29, 0.717) is 29.6 Å². The van der Waals surface area contributed by atoms with Crippen molar-refractivity contribution in [1.29, 1.82) is 0 Å². The number of rotatable bonds is 8. The van der Waals surface area contributed by atoms with Crippen LogP contribution in [0.15, 0.2) is 76.4 Å². The molecule has 8 heteroatoms. The Labute approximate surface area is 233 Å². The van der Waals surface area contributed by atoms with Crippen molar-refractivity contribution in [3.05, 3.63) is 93.8 Å². The van der Waals surface area contributed by atoms with E-state index in [-0.39, 0.29) is 11.4 Å². The largest absolute Gasteiger partial charge is 0.418 e. The first-order valence-electron chi connectivity index (χ1n) is 14.0. The molecule has 0 amide bonds. The van der Waals surface area contributed by atoms with Crippen LogP contribution in [0.4, 0.5) is 13.2 Å². The van der Waals surface area contributed by atoms with Crippen LogP contribution >= 0.6 is 0 Å². The fraction of sp³-hybridized carbons (Fsp3) is 0.438. The summed E-state index contributed by atoms with van der Waals surface area (Å²) in [6, 6.07) is 8.74. The number of nitrogens with zero attached hydrogens (tertiary/aromatic N) is 4. The second kappa shape index (κ2) is 11.2. The summed E-state index contributed by atoms with van der Waals surface area (Å²) in [6.07, 6.45) is 5.45. The summed E-state index contributed by atoms with van der Waals surface area (Å²) in [5, 5.41) is 0. The molecule has 3 aromatic rings. The van der Waals surface area contributed by atoms with E-state index in [0.717, 1.165) is 66.3 Å². The highest BCUT2D eigenvalue weighted by Gasteiger charge is 2.35. The van der Waals surface area contributed by atoms with Crippen molar-refractivity contribution in [3.63, 3.8) is 0 Å². The van der Waals surface area contributed by atoms with Crippen LogP contribution in [0, 0.1) is 11.8 Å². The van der Waals surface area contributed by atoms with Gasteiger partial charge >= 0.3 is 11.9 Å². The van der Waals surface area contributed by atoms with Gasteiger partial charge in [-0.05, 0) is 98.2 Å². The summed E-state index contributed by atoms with van der Waals surface area (Å²) < 4.78 is 45.2. The van der Waals surface area contributed by atoms with Gasteiger partial charge in [0, 0.05) is 37.6 Å². The molecule has 5 rings (SSSR count). The van der Waals surface area contributed by atoms with Gasteiger partial charge in [-0.2, -0.15) is 13.2 Å². The van der Waals surface area contributed by atoms with Gasteiger partial charge in [-0.25, -0.2) is 4.79 Å². The second-order valence-electron chi connectivity index (χ2n) is 11.6. The maximum Gasteiger partial charge on any atom is 0.418 e. The Bertz CT molecular complexity index is 1510. The average molecular weight is 551 g/mol. The van der Waals surface area contributed by atoms with E-state index in [9.17, 15) is 18.0 Å². The zero-order chi connectivity index (χ0) is 28.6. The highest BCUT2D eigenvalue weighted by Crippen LogP contribution is 2.45. The molecule has 2 atom stereocenters. The number of hydrogen-bond acceptors (Lipinski definition) is 3. The monoisotopic (exact) mass is 550 g/mol. The number of hydrogen-bond donors (Lipinski definition) is 0. The molecule has 1 aliphatic carbocycles. The zero-order valence-electron chi connectivity index (χ0n) is 23.3. The van der Waals surface area contributed by atoms with Crippen LogP contribution in [0.5, 0.6) is 0 Å². The number of benzene rings is 1. The van der Waals surface area contributed by atoms with Crippen molar-refractivity contribution in [2.24, 2.45) is 16.8 Å². The zero-order valence-corrected chi connectivity index (χ0v) is 23.3. The molecule has 1 aromatic carbocycles. The fourth-order valence-electron chi connectivity index (χ4n) is 6.30. The third-order valence-electron chi connectivity index (χ3n) is 8.57. The van der Waals surface area contributed by atoms with Crippen molar-refractivity contribution >= 4 is 12.2 Å². The fourth-order valence-corrected chi connectivity index (χ4v) is 6.30. The smallest absolute Gasteiger partial charge is 0.299 e. The Kier molecular flexibility index (Phi) is 7.91. The Hall–Kier alpha value is -3.39. The van der Waals surface area contributed by atoms with Crippen LogP contribution in [-0.4, -0.2) is 33.7 Å². The minimum absolute atomic E-state index is 0.0312. The maximum atomic E-state index is 14.2. The van der Waals surface area contributed by atoms with E-state index >= 15 is 0 Å². The lowest BCUT2D eigenvalue weighted by Crippen LogP contribution is -2.34. The predicted octanol–water partition coefficient (Wildman–Crippen LogP) is 7.39. The topological polar surface area (TPSA) is 42.0 Å². The van der Waals surface area contributed by atoms with Crippen LogP contribution in [0.1, 0.15) is 68.6 Å². The molecule has 0 N–H and O–H groups in total. The van der Waals surface area contributed by atoms with Gasteiger partial charge in [0.1, 0.15) is 0 Å². The number of allylic oxidation sites excluding steroid dienone is 2. The van der Waals surface area contributed by atoms with Crippen LogP contribution in [0.3, 0.4) is 0 Å². The lowest BCUT2D eigenvalue weighted by molar-refractivity contribution is -0.136. The molecule has 1 saturated heterocycles. The number of imidazole rings is 1. The standard InChI is InChI=1S/C32H37F3N4O/c1-21-8-7-13-37(17-21)18-24-14-28(32(33,34)35)29-20-38(31(40)39(29)19-24)27-12-6-11-26(15-27)30(25-9-5-10-25)23(3)22(2)16-36-4/h6,11-12,14-16,19-21,25,30H,3-5,7-10,13,17-18H2,1-2H3/b22-16-/t21-,30-/m0/s1. The second-order valence-corrected chi connectivity index (χ2v) is 11.6. The highest BCUT2D eigenvalue weighted by molar-refractivity contribution is 5.58. The third kappa shape index (κ3) is 5.59. The van der Waals surface area contributed by atoms with E-state index in [1.807, 2.05) is 25.1 Å². The molecular weight excluding hydrogens is 513 g/mol. The summed E-state index contributed by atoms with van der Waals surface area (Å²) in [5.74, 6) is 0.948. The van der Waals surface area contributed by atoms with Crippen molar-refractivity contribution in [1.82, 2.24) is 13.9 Å². The first-order chi connectivity index (χ1) is 19.1. The molecular formula is C32H37F3N4O. The molecule has 212 valence electrons. The van der Waals surface area contributed by atoms with Crippen molar-refractivity contribution in [2.75, 3.05) is 13.1 Å². The van der Waals surface area contributed by atoms with Gasteiger partial charge in [0.25, 0.3) is 0 Å². The quantitative estimate of drug-likeness (QED) is 0.217. The van der Waals surface area contributed by atoms with Crippen molar-refractivity contribution < 1.29 is 13.2 Å². The molecule has 1 aliphatic heterocycles. The molecule has 2 aliphatic rings. The van der Waals surface area contributed by atoms with Gasteiger partial charge in [0.15, 0.2) is 0 Å². The van der Waals surface area contributed by atoms with Gasteiger partial charge in [0.2, 0.25) is 0 Å². The maximum absolute atomic E-state index is 14.2. The number of piperidine rings is 1. The predicted molar refractivity (Wildman–Crippen MR) is 154 cm³/mol. The molecule has 2 fully saturated rings. The summed E-state index contributed by atoms with van der Waals surface area (Å²) in [5.41, 5.74) is 2.44. The van der Waals surface area contributed by atoms with Crippen molar-refractivity contribution in [3.8, 4) is 5.69 Å². The Morgan fingerprint density at radius 3 is 2.60 bits per heavy atom. The van der Waals surface area contributed by atoms with E-state index in [1.54, 1.807) is 18.5 Å². The minimum Gasteiger partial charge on any atom is -0.299 e. The van der Waals surface area contributed by atoms with Gasteiger partial charge in [0.05, 0.1) is 16.8 Å². The first kappa shape index (κ1) is 28.1. The number of aromatic nitrogens is 2. The molecule has 0 bridgehead atoms. The molecule has 0 unspecified atom stereocenters. The number of alkyl halides is 3. The number of fused-ring (bicyclic) bond motifs is 1. The number of halogens is 3. The number of aliphatic imine (C=N–C) groups is 1. The molecule has 2 aromatic heterocycles. The molecule has 1 saturated carbocycles. The molecule has 0 spiro atoms. The summed E-state index contributed by atoms with van der Waals surface area (Å²) in [7, 11) is 0. The van der Waals surface area contributed by atoms with Crippen LogP contribution in [-0.2, 0) is 12.7 Å². The van der Waals surface area contributed by atoms with Gasteiger partial charge in [-0.3, -0.25) is 18.9 Å². The van der Waals surface area contributed by atoms with Gasteiger partial charge in [-0.15, -0.1) is 0 Å². The van der Waals surface area contributed by atoms with Crippen LogP contribution in [0.2, 0.25) is 0 Å². The Balaban J connectivity index is 1.57. The average Bonchev–Trinajstić information content (AvgIpc) is 3.21. The molecule has 5 nitrogen and oxygen atoms in total. The van der Waals surface area contributed by atoms with E-state index in [2.05, 4.69) is 30.1 Å². The van der Waals surface area contributed by atoms with Crippen LogP contribution < -0.4 is 5.69 Å². The third-order valence-corrected chi connectivity index (χ3v) is 8.57. The van der Waals surface area contributed by atoms with E-state index in [1.165, 1.54) is 16.8 Å². The van der Waals surface area contributed by atoms with Gasteiger partial charge < -0.3 is 0 Å². The molecule has 3 heterocycles. The molecule has 0 radical (unpaired) electrons. The summed E-state index contributed by atoms with van der Waals surface area (Å²) in [6.45, 7) is 14.1. The van der Waals surface area contributed by atoms with E-state index in [4.69, 9.17) is 0 Å². The van der Waals surface area contributed by atoms with Gasteiger partial charge in [-0.1, -0.05) is 32.1 Å². The summed E-state index contributed by atoms with van der Waals surface area (Å²) >= 11 is 0. The minimum atomic E-state index is -4.59. The molecule has 40 heavy (non-hydrogen) atoms. The lowest BCUT2D eigenvalue weighted by Gasteiger charge is -2.36.